The highest BCUT2D eigenvalue weighted by Gasteiger charge is 2.20. The molecule has 0 fully saturated rings. The van der Waals surface area contributed by atoms with Crippen molar-refractivity contribution in [1.82, 2.24) is 8.87 Å². The zero-order valence-electron chi connectivity index (χ0n) is 17.4. The smallest absolute Gasteiger partial charge is 0.325 e. The van der Waals surface area contributed by atoms with Gasteiger partial charge < -0.3 is 18.8 Å². The molecule has 4 rings (SSSR count). The molecule has 0 bridgehead atoms. The van der Waals surface area contributed by atoms with Gasteiger partial charge in [0.2, 0.25) is 16.8 Å². The Morgan fingerprint density at radius 1 is 1.16 bits per heavy atom. The number of esters is 1. The first kappa shape index (κ1) is 22.0. The van der Waals surface area contributed by atoms with Gasteiger partial charge in [-0.2, -0.15) is 4.99 Å². The van der Waals surface area contributed by atoms with Gasteiger partial charge >= 0.3 is 5.97 Å². The first-order chi connectivity index (χ1) is 15.2. The quantitative estimate of drug-likeness (QED) is 0.513. The molecule has 0 radical (unpaired) electrons. The molecular formula is C20H19N3O7S2. The van der Waals surface area contributed by atoms with Crippen molar-refractivity contribution < 1.29 is 32.2 Å². The van der Waals surface area contributed by atoms with Gasteiger partial charge in [-0.15, -0.1) is 0 Å². The van der Waals surface area contributed by atoms with Gasteiger partial charge in [-0.3, -0.25) is 9.59 Å². The largest absolute Gasteiger partial charge is 0.468 e. The number of rotatable bonds is 5. The molecule has 1 aromatic heterocycles. The van der Waals surface area contributed by atoms with E-state index >= 15 is 0 Å². The Kier molecular flexibility index (Phi) is 5.75. The van der Waals surface area contributed by atoms with Crippen LogP contribution in [0.15, 0.2) is 46.3 Å². The standard InChI is InChI=1S/C20H19N3O7S2/c1-22(2)32(26,27)13-6-4-12(5-7-13)19(25)21-20-23(10-18(24)28-3)14-8-15-16(30-11-29-15)9-17(14)31-20/h4-9H,10-11H2,1-3H3. The average Bonchev–Trinajstić information content (AvgIpc) is 3.35. The minimum absolute atomic E-state index is 0.0659. The van der Waals surface area contributed by atoms with Gasteiger partial charge in [-0.25, -0.2) is 12.7 Å². The molecule has 0 saturated heterocycles. The zero-order valence-corrected chi connectivity index (χ0v) is 19.0. The first-order valence-electron chi connectivity index (χ1n) is 9.32. The van der Waals surface area contributed by atoms with Crippen molar-refractivity contribution in [2.24, 2.45) is 4.99 Å². The summed E-state index contributed by atoms with van der Waals surface area (Å²) >= 11 is 1.21. The van der Waals surface area contributed by atoms with E-state index in [4.69, 9.17) is 14.2 Å². The summed E-state index contributed by atoms with van der Waals surface area (Å²) < 4.78 is 43.4. The summed E-state index contributed by atoms with van der Waals surface area (Å²) in [6, 6.07) is 8.99. The Labute approximate surface area is 187 Å². The maximum Gasteiger partial charge on any atom is 0.325 e. The molecule has 0 spiro atoms. The Morgan fingerprint density at radius 3 is 2.44 bits per heavy atom. The number of thiazole rings is 1. The molecule has 1 amide bonds. The van der Waals surface area contributed by atoms with Crippen LogP contribution in [0.25, 0.3) is 10.2 Å². The fourth-order valence-electron chi connectivity index (χ4n) is 3.02. The minimum Gasteiger partial charge on any atom is -0.468 e. The predicted molar refractivity (Wildman–Crippen MR) is 115 cm³/mol. The summed E-state index contributed by atoms with van der Waals surface area (Å²) in [6.45, 7) is -0.0405. The number of nitrogens with zero attached hydrogens (tertiary/aromatic N) is 3. The van der Waals surface area contributed by atoms with Crippen LogP contribution in [-0.4, -0.2) is 57.2 Å². The lowest BCUT2D eigenvalue weighted by atomic mass is 10.2. The van der Waals surface area contributed by atoms with Gasteiger partial charge in [-0.05, 0) is 24.3 Å². The number of amides is 1. The second kappa shape index (κ2) is 8.37. The fourth-order valence-corrected chi connectivity index (χ4v) is 4.96. The lowest BCUT2D eigenvalue weighted by Crippen LogP contribution is -2.23. The summed E-state index contributed by atoms with van der Waals surface area (Å²) in [5.41, 5.74) is 0.850. The van der Waals surface area contributed by atoms with E-state index in [2.05, 4.69) is 4.99 Å². The molecule has 168 valence electrons. The van der Waals surface area contributed by atoms with Crippen molar-refractivity contribution in [2.75, 3.05) is 28.0 Å². The van der Waals surface area contributed by atoms with E-state index < -0.39 is 21.9 Å². The molecule has 10 nitrogen and oxygen atoms in total. The molecule has 3 aromatic rings. The van der Waals surface area contributed by atoms with E-state index in [0.29, 0.717) is 17.0 Å². The Morgan fingerprint density at radius 2 is 1.81 bits per heavy atom. The van der Waals surface area contributed by atoms with E-state index in [-0.39, 0.29) is 28.6 Å². The monoisotopic (exact) mass is 477 g/mol. The number of carbonyl (C=O) groups excluding carboxylic acids is 2. The third-order valence-electron chi connectivity index (χ3n) is 4.77. The molecule has 12 heteroatoms. The van der Waals surface area contributed by atoms with Crippen molar-refractivity contribution in [3.8, 4) is 11.5 Å². The summed E-state index contributed by atoms with van der Waals surface area (Å²) in [7, 11) is 0.521. The highest BCUT2D eigenvalue weighted by molar-refractivity contribution is 7.89. The van der Waals surface area contributed by atoms with E-state index in [0.717, 1.165) is 9.01 Å². The average molecular weight is 478 g/mol. The topological polar surface area (TPSA) is 117 Å². The molecule has 0 saturated carbocycles. The van der Waals surface area contributed by atoms with Gasteiger partial charge in [0.25, 0.3) is 5.91 Å². The van der Waals surface area contributed by atoms with Crippen molar-refractivity contribution in [3.63, 3.8) is 0 Å². The maximum atomic E-state index is 12.8. The second-order valence-corrected chi connectivity index (χ2v) is 10.1. The van der Waals surface area contributed by atoms with Crippen LogP contribution >= 0.6 is 11.3 Å². The van der Waals surface area contributed by atoms with Crippen LogP contribution in [0.1, 0.15) is 10.4 Å². The first-order valence-corrected chi connectivity index (χ1v) is 11.6. The SMILES string of the molecule is COC(=O)Cn1c(=NC(=O)c2ccc(S(=O)(=O)N(C)C)cc2)sc2cc3c(cc21)OCO3. The van der Waals surface area contributed by atoms with Crippen LogP contribution in [0.4, 0.5) is 0 Å². The minimum atomic E-state index is -3.61. The number of carbonyl (C=O) groups is 2. The van der Waals surface area contributed by atoms with Gasteiger partial charge in [0, 0.05) is 31.8 Å². The van der Waals surface area contributed by atoms with Crippen molar-refractivity contribution >= 4 is 43.5 Å². The molecule has 0 unspecified atom stereocenters. The van der Waals surface area contributed by atoms with Gasteiger partial charge in [0.05, 0.1) is 22.2 Å². The van der Waals surface area contributed by atoms with E-state index in [1.165, 1.54) is 56.8 Å². The van der Waals surface area contributed by atoms with Crippen LogP contribution in [0.3, 0.4) is 0 Å². The maximum absolute atomic E-state index is 12.8. The molecule has 0 N–H and O–H groups in total. The Bertz CT molecular complexity index is 1390. The number of fused-ring (bicyclic) bond motifs is 2. The molecule has 2 heterocycles. The van der Waals surface area contributed by atoms with E-state index in [1.54, 1.807) is 16.7 Å². The van der Waals surface area contributed by atoms with Gasteiger partial charge in [0.1, 0.15) is 6.54 Å². The summed E-state index contributed by atoms with van der Waals surface area (Å²) in [4.78, 5) is 29.3. The number of ether oxygens (including phenoxy) is 3. The Balaban J connectivity index is 1.76. The molecule has 2 aromatic carbocycles. The zero-order chi connectivity index (χ0) is 23.0. The predicted octanol–water partition coefficient (Wildman–Crippen LogP) is 1.60. The number of benzene rings is 2. The highest BCUT2D eigenvalue weighted by Crippen LogP contribution is 2.37. The van der Waals surface area contributed by atoms with E-state index in [1.807, 2.05) is 0 Å². The second-order valence-electron chi connectivity index (χ2n) is 6.95. The number of hydrogen-bond donors (Lipinski definition) is 0. The molecule has 0 aliphatic carbocycles. The van der Waals surface area contributed by atoms with Crippen molar-refractivity contribution in [3.05, 3.63) is 46.8 Å². The lowest BCUT2D eigenvalue weighted by molar-refractivity contribution is -0.141. The molecule has 1 aliphatic rings. The highest BCUT2D eigenvalue weighted by atomic mass is 32.2. The van der Waals surface area contributed by atoms with Crippen LogP contribution in [0.5, 0.6) is 11.5 Å². The molecular weight excluding hydrogens is 458 g/mol. The number of aromatic nitrogens is 1. The lowest BCUT2D eigenvalue weighted by Gasteiger charge is -2.11. The Hall–Kier alpha value is -3.22. The van der Waals surface area contributed by atoms with Gasteiger partial charge in [0.15, 0.2) is 16.3 Å². The molecule has 32 heavy (non-hydrogen) atoms. The molecule has 1 aliphatic heterocycles. The third-order valence-corrected chi connectivity index (χ3v) is 7.64. The van der Waals surface area contributed by atoms with Crippen LogP contribution < -0.4 is 14.3 Å². The number of sulfonamides is 1. The third kappa shape index (κ3) is 3.99. The van der Waals surface area contributed by atoms with Crippen molar-refractivity contribution in [2.45, 2.75) is 11.4 Å². The van der Waals surface area contributed by atoms with Crippen molar-refractivity contribution in [1.29, 1.82) is 0 Å². The summed E-state index contributed by atoms with van der Waals surface area (Å²) in [5.74, 6) is 0.0162. The van der Waals surface area contributed by atoms with Crippen LogP contribution in [-0.2, 0) is 26.1 Å². The fraction of sp³-hybridized carbons (Fsp3) is 0.250. The van der Waals surface area contributed by atoms with Gasteiger partial charge in [-0.1, -0.05) is 11.3 Å². The van der Waals surface area contributed by atoms with Crippen LogP contribution in [0, 0.1) is 0 Å². The number of hydrogen-bond acceptors (Lipinski definition) is 8. The molecule has 0 atom stereocenters. The van der Waals surface area contributed by atoms with E-state index in [9.17, 15) is 18.0 Å². The summed E-state index contributed by atoms with van der Waals surface area (Å²) in [5, 5.41) is 0. The normalized spacial score (nSPS) is 13.7. The summed E-state index contributed by atoms with van der Waals surface area (Å²) in [6.07, 6.45) is 0. The number of methoxy groups -OCH3 is 1. The van der Waals surface area contributed by atoms with Crippen LogP contribution in [0.2, 0.25) is 0 Å².